The maximum Gasteiger partial charge on any atom is 0.245 e. The molecule has 4 heterocycles. The summed E-state index contributed by atoms with van der Waals surface area (Å²) in [6.45, 7) is 3.39. The Kier molecular flexibility index (Phi) is 4.90. The smallest absolute Gasteiger partial charge is 0.245 e. The second kappa shape index (κ2) is 8.00. The minimum Gasteiger partial charge on any atom is -0.481 e. The molecule has 3 aromatic heterocycles. The summed E-state index contributed by atoms with van der Waals surface area (Å²) in [7, 11) is 1.60. The summed E-state index contributed by atoms with van der Waals surface area (Å²) in [5.74, 6) is 1.11. The van der Waals surface area contributed by atoms with E-state index in [1.165, 1.54) is 5.69 Å². The van der Waals surface area contributed by atoms with E-state index < -0.39 is 0 Å². The van der Waals surface area contributed by atoms with Gasteiger partial charge in [0.05, 0.1) is 37.7 Å². The molecule has 1 fully saturated rings. The normalized spacial score (nSPS) is 14.1. The number of morpholine rings is 1. The molecule has 0 spiro atoms. The van der Waals surface area contributed by atoms with Crippen LogP contribution in [0.1, 0.15) is 0 Å². The quantitative estimate of drug-likeness (QED) is 0.548. The highest BCUT2D eigenvalue weighted by Gasteiger charge is 2.12. The number of anilines is 3. The van der Waals surface area contributed by atoms with E-state index in [4.69, 9.17) is 9.47 Å². The van der Waals surface area contributed by atoms with Gasteiger partial charge in [-0.1, -0.05) is 0 Å². The van der Waals surface area contributed by atoms with Crippen molar-refractivity contribution in [1.29, 1.82) is 0 Å². The number of fused-ring (bicyclic) bond motifs is 1. The van der Waals surface area contributed by atoms with Crippen LogP contribution in [-0.4, -0.2) is 53.0 Å². The van der Waals surface area contributed by atoms with Gasteiger partial charge in [0, 0.05) is 42.3 Å². The van der Waals surface area contributed by atoms with Crippen LogP contribution in [0.4, 0.5) is 17.3 Å². The van der Waals surface area contributed by atoms with Gasteiger partial charge in [-0.2, -0.15) is 0 Å². The zero-order valence-electron chi connectivity index (χ0n) is 16.7. The van der Waals surface area contributed by atoms with Crippen LogP contribution in [0.25, 0.3) is 16.8 Å². The molecule has 4 aromatic rings. The fraction of sp³-hybridized carbons (Fsp3) is 0.227. The van der Waals surface area contributed by atoms with Crippen molar-refractivity contribution in [2.75, 3.05) is 43.6 Å². The van der Waals surface area contributed by atoms with E-state index >= 15 is 0 Å². The lowest BCUT2D eigenvalue weighted by atomic mass is 10.2. The highest BCUT2D eigenvalue weighted by Crippen LogP contribution is 2.24. The lowest BCUT2D eigenvalue weighted by Crippen LogP contribution is -2.36. The number of aromatic nitrogens is 4. The van der Waals surface area contributed by atoms with Crippen molar-refractivity contribution in [3.63, 3.8) is 0 Å². The number of hydrogen-bond donors (Lipinski definition) is 1. The minimum absolute atomic E-state index is 0.528. The van der Waals surface area contributed by atoms with Crippen LogP contribution in [0.5, 0.6) is 5.88 Å². The maximum absolute atomic E-state index is 5.42. The number of ether oxygens (including phenoxy) is 2. The summed E-state index contributed by atoms with van der Waals surface area (Å²) < 4.78 is 12.4. The molecule has 5 rings (SSSR count). The molecule has 0 atom stereocenters. The largest absolute Gasteiger partial charge is 0.481 e. The summed E-state index contributed by atoms with van der Waals surface area (Å²) in [5.41, 5.74) is 4.93. The lowest BCUT2D eigenvalue weighted by Gasteiger charge is -2.28. The van der Waals surface area contributed by atoms with E-state index in [-0.39, 0.29) is 0 Å². The Hall–Kier alpha value is -3.65. The second-order valence-corrected chi connectivity index (χ2v) is 7.00. The van der Waals surface area contributed by atoms with E-state index in [2.05, 4.69) is 37.4 Å². The number of hydrogen-bond acceptors (Lipinski definition) is 7. The standard InChI is InChI=1S/C22H22N6O2/c1-29-21-9-2-16(14-23-21)20-8-7-19-15-24-22(26-28(19)20)25-17-3-5-18(6-4-17)27-10-12-30-13-11-27/h2-9,14-15H,10-13H2,1H3,(H,25,26). The molecule has 1 N–H and O–H groups in total. The highest BCUT2D eigenvalue weighted by molar-refractivity contribution is 5.67. The van der Waals surface area contributed by atoms with E-state index in [0.29, 0.717) is 11.8 Å². The molecule has 0 amide bonds. The molecule has 8 heteroatoms. The van der Waals surface area contributed by atoms with Crippen molar-refractivity contribution >= 4 is 22.8 Å². The summed E-state index contributed by atoms with van der Waals surface area (Å²) >= 11 is 0. The third-order valence-electron chi connectivity index (χ3n) is 5.14. The molecule has 8 nitrogen and oxygen atoms in total. The predicted molar refractivity (Wildman–Crippen MR) is 116 cm³/mol. The number of benzene rings is 1. The van der Waals surface area contributed by atoms with Gasteiger partial charge < -0.3 is 19.7 Å². The van der Waals surface area contributed by atoms with Crippen molar-refractivity contribution in [3.05, 3.63) is 60.9 Å². The molecule has 1 saturated heterocycles. The maximum atomic E-state index is 5.42. The van der Waals surface area contributed by atoms with Crippen LogP contribution >= 0.6 is 0 Å². The molecule has 1 aliphatic heterocycles. The van der Waals surface area contributed by atoms with Gasteiger partial charge in [-0.3, -0.25) is 0 Å². The van der Waals surface area contributed by atoms with Crippen molar-refractivity contribution in [2.45, 2.75) is 0 Å². The molecule has 1 aromatic carbocycles. The van der Waals surface area contributed by atoms with Crippen molar-refractivity contribution in [3.8, 4) is 17.1 Å². The van der Waals surface area contributed by atoms with Gasteiger partial charge in [0.25, 0.3) is 0 Å². The average molecular weight is 402 g/mol. The molecular weight excluding hydrogens is 380 g/mol. The van der Waals surface area contributed by atoms with E-state index in [1.54, 1.807) is 19.5 Å². The lowest BCUT2D eigenvalue weighted by molar-refractivity contribution is 0.122. The van der Waals surface area contributed by atoms with E-state index in [1.807, 2.05) is 40.9 Å². The Morgan fingerprint density at radius 3 is 2.50 bits per heavy atom. The molecule has 1 aliphatic rings. The van der Waals surface area contributed by atoms with Gasteiger partial charge in [-0.05, 0) is 42.5 Å². The van der Waals surface area contributed by atoms with Crippen LogP contribution in [0.2, 0.25) is 0 Å². The van der Waals surface area contributed by atoms with Crippen LogP contribution in [0, 0.1) is 0 Å². The van der Waals surface area contributed by atoms with Gasteiger partial charge in [0.2, 0.25) is 11.8 Å². The number of methoxy groups -OCH3 is 1. The fourth-order valence-corrected chi connectivity index (χ4v) is 3.54. The average Bonchev–Trinajstić information content (AvgIpc) is 3.23. The van der Waals surface area contributed by atoms with E-state index in [0.717, 1.165) is 48.8 Å². The Morgan fingerprint density at radius 1 is 0.933 bits per heavy atom. The first-order valence-corrected chi connectivity index (χ1v) is 9.85. The SMILES string of the molecule is COc1ccc(-c2ccc3cnc(Nc4ccc(N5CCOCC5)cc4)nn23)cn1. The van der Waals surface area contributed by atoms with Gasteiger partial charge in [0.1, 0.15) is 0 Å². The number of pyridine rings is 1. The zero-order valence-corrected chi connectivity index (χ0v) is 16.7. The number of nitrogens with zero attached hydrogens (tertiary/aromatic N) is 5. The minimum atomic E-state index is 0.528. The third kappa shape index (κ3) is 3.65. The van der Waals surface area contributed by atoms with Gasteiger partial charge in [-0.15, -0.1) is 5.10 Å². The fourth-order valence-electron chi connectivity index (χ4n) is 3.54. The number of nitrogens with one attached hydrogen (secondary N) is 1. The first-order chi connectivity index (χ1) is 14.8. The van der Waals surface area contributed by atoms with Gasteiger partial charge in [-0.25, -0.2) is 14.5 Å². The third-order valence-corrected chi connectivity index (χ3v) is 5.14. The molecule has 152 valence electrons. The van der Waals surface area contributed by atoms with Crippen molar-refractivity contribution < 1.29 is 9.47 Å². The zero-order chi connectivity index (χ0) is 20.3. The molecule has 0 unspecified atom stereocenters. The summed E-state index contributed by atoms with van der Waals surface area (Å²) in [6, 6.07) is 16.1. The summed E-state index contributed by atoms with van der Waals surface area (Å²) in [6.07, 6.45) is 3.58. The molecule has 0 bridgehead atoms. The highest BCUT2D eigenvalue weighted by atomic mass is 16.5. The topological polar surface area (TPSA) is 76.8 Å². The summed E-state index contributed by atoms with van der Waals surface area (Å²) in [5, 5.41) is 7.96. The Morgan fingerprint density at radius 2 is 1.77 bits per heavy atom. The van der Waals surface area contributed by atoms with Gasteiger partial charge in [0.15, 0.2) is 0 Å². The first-order valence-electron chi connectivity index (χ1n) is 9.85. The van der Waals surface area contributed by atoms with E-state index in [9.17, 15) is 0 Å². The first kappa shape index (κ1) is 18.4. The monoisotopic (exact) mass is 402 g/mol. The Bertz CT molecular complexity index is 1130. The number of rotatable bonds is 5. The van der Waals surface area contributed by atoms with Crippen LogP contribution < -0.4 is 15.0 Å². The summed E-state index contributed by atoms with van der Waals surface area (Å²) in [4.78, 5) is 11.1. The van der Waals surface area contributed by atoms with Crippen LogP contribution in [-0.2, 0) is 4.74 Å². The molecule has 30 heavy (non-hydrogen) atoms. The molecular formula is C22H22N6O2. The molecule has 0 saturated carbocycles. The Balaban J connectivity index is 1.38. The van der Waals surface area contributed by atoms with Crippen LogP contribution in [0.15, 0.2) is 60.9 Å². The van der Waals surface area contributed by atoms with Crippen molar-refractivity contribution in [2.24, 2.45) is 0 Å². The second-order valence-electron chi connectivity index (χ2n) is 7.00. The molecule has 0 aliphatic carbocycles. The van der Waals surface area contributed by atoms with Crippen LogP contribution in [0.3, 0.4) is 0 Å². The molecule has 0 radical (unpaired) electrons. The predicted octanol–water partition coefficient (Wildman–Crippen LogP) is 3.38. The Labute approximate surface area is 174 Å². The van der Waals surface area contributed by atoms with Crippen molar-refractivity contribution in [1.82, 2.24) is 19.6 Å². The van der Waals surface area contributed by atoms with Gasteiger partial charge >= 0.3 is 0 Å².